The van der Waals surface area contributed by atoms with E-state index in [9.17, 15) is 4.79 Å². The van der Waals surface area contributed by atoms with Crippen LogP contribution in [0.3, 0.4) is 0 Å². The van der Waals surface area contributed by atoms with Crippen molar-refractivity contribution >= 4 is 17.2 Å². The molecule has 0 spiro atoms. The summed E-state index contributed by atoms with van der Waals surface area (Å²) in [7, 11) is 0. The summed E-state index contributed by atoms with van der Waals surface area (Å²) in [5.74, 6) is 0.485. The molecule has 3 nitrogen and oxygen atoms in total. The molecule has 2 aromatic rings. The van der Waals surface area contributed by atoms with E-state index in [0.717, 1.165) is 50.2 Å². The van der Waals surface area contributed by atoms with Crippen molar-refractivity contribution in [3.63, 3.8) is 0 Å². The van der Waals surface area contributed by atoms with E-state index in [1.54, 1.807) is 11.3 Å². The van der Waals surface area contributed by atoms with Gasteiger partial charge in [0, 0.05) is 29.4 Å². The maximum Gasteiger partial charge on any atom is 0.226 e. The molecule has 3 rings (SSSR count). The predicted molar refractivity (Wildman–Crippen MR) is 100 cm³/mol. The quantitative estimate of drug-likeness (QED) is 0.771. The van der Waals surface area contributed by atoms with Gasteiger partial charge >= 0.3 is 0 Å². The first-order chi connectivity index (χ1) is 11.7. The van der Waals surface area contributed by atoms with Crippen LogP contribution in [0.1, 0.15) is 43.7 Å². The van der Waals surface area contributed by atoms with Crippen LogP contribution in [0.5, 0.6) is 0 Å². The average Bonchev–Trinajstić information content (AvgIpc) is 3.05. The van der Waals surface area contributed by atoms with Gasteiger partial charge < -0.3 is 4.90 Å². The third-order valence-corrected chi connectivity index (χ3v) is 5.78. The Hall–Kier alpha value is -1.68. The van der Waals surface area contributed by atoms with E-state index in [4.69, 9.17) is 4.98 Å². The molecule has 0 bridgehead atoms. The molecule has 0 aliphatic heterocycles. The van der Waals surface area contributed by atoms with Crippen molar-refractivity contribution in [3.05, 3.63) is 40.9 Å². The van der Waals surface area contributed by atoms with Crippen LogP contribution in [0.15, 0.2) is 30.3 Å². The van der Waals surface area contributed by atoms with Gasteiger partial charge in [0.15, 0.2) is 0 Å². The highest BCUT2D eigenvalue weighted by Crippen LogP contribution is 2.35. The van der Waals surface area contributed by atoms with Gasteiger partial charge in [0.2, 0.25) is 5.91 Å². The Balaban J connectivity index is 1.74. The standard InChI is InChI=1S/C20H26N2OS/c1-3-12-22(13-4-2)20(23)16-10-11-17-18(14-16)24-19(21-17)15-8-6-5-7-9-15/h5-9,16H,3-4,10-14H2,1-2H3. The van der Waals surface area contributed by atoms with E-state index in [2.05, 4.69) is 43.0 Å². The first-order valence-corrected chi connectivity index (χ1v) is 9.87. The molecular formula is C20H26N2OS. The lowest BCUT2D eigenvalue weighted by Gasteiger charge is -2.28. The SMILES string of the molecule is CCCN(CCC)C(=O)C1CCc2nc(-c3ccccc3)sc2C1. The van der Waals surface area contributed by atoms with Crippen LogP contribution < -0.4 is 0 Å². The van der Waals surface area contributed by atoms with Crippen LogP contribution in [0, 0.1) is 5.92 Å². The van der Waals surface area contributed by atoms with E-state index in [1.165, 1.54) is 16.1 Å². The van der Waals surface area contributed by atoms with E-state index >= 15 is 0 Å². The number of hydrogen-bond acceptors (Lipinski definition) is 3. The first-order valence-electron chi connectivity index (χ1n) is 9.05. The second-order valence-electron chi connectivity index (χ2n) is 6.52. The van der Waals surface area contributed by atoms with E-state index in [0.29, 0.717) is 5.91 Å². The van der Waals surface area contributed by atoms with Gasteiger partial charge in [-0.1, -0.05) is 44.2 Å². The summed E-state index contributed by atoms with van der Waals surface area (Å²) < 4.78 is 0. The van der Waals surface area contributed by atoms with Crippen LogP contribution in [0.2, 0.25) is 0 Å². The van der Waals surface area contributed by atoms with Crippen LogP contribution in [-0.2, 0) is 17.6 Å². The number of amides is 1. The number of rotatable bonds is 6. The minimum atomic E-state index is 0.139. The average molecular weight is 343 g/mol. The van der Waals surface area contributed by atoms with E-state index in [-0.39, 0.29) is 5.92 Å². The summed E-state index contributed by atoms with van der Waals surface area (Å²) in [6.07, 6.45) is 4.79. The molecule has 0 saturated carbocycles. The Morgan fingerprint density at radius 1 is 1.21 bits per heavy atom. The van der Waals surface area contributed by atoms with Gasteiger partial charge in [-0.2, -0.15) is 0 Å². The van der Waals surface area contributed by atoms with Gasteiger partial charge in [-0.15, -0.1) is 11.3 Å². The lowest BCUT2D eigenvalue weighted by atomic mass is 9.90. The van der Waals surface area contributed by atoms with Gasteiger partial charge in [0.25, 0.3) is 0 Å². The summed E-state index contributed by atoms with van der Waals surface area (Å²) in [5.41, 5.74) is 2.39. The zero-order valence-electron chi connectivity index (χ0n) is 14.6. The van der Waals surface area contributed by atoms with Gasteiger partial charge in [-0.05, 0) is 32.1 Å². The molecule has 0 radical (unpaired) electrons. The summed E-state index contributed by atoms with van der Waals surface area (Å²) in [6.45, 7) is 6.05. The second-order valence-corrected chi connectivity index (χ2v) is 7.60. The van der Waals surface area contributed by atoms with Crippen molar-refractivity contribution < 1.29 is 4.79 Å². The number of aryl methyl sites for hydroxylation is 1. The minimum absolute atomic E-state index is 0.139. The fourth-order valence-electron chi connectivity index (χ4n) is 3.42. The molecule has 0 fully saturated rings. The Kier molecular flexibility index (Phi) is 5.67. The minimum Gasteiger partial charge on any atom is -0.342 e. The third kappa shape index (κ3) is 3.69. The Morgan fingerprint density at radius 2 is 1.92 bits per heavy atom. The lowest BCUT2D eigenvalue weighted by Crippen LogP contribution is -2.39. The Bertz CT molecular complexity index is 674. The third-order valence-electron chi connectivity index (χ3n) is 4.61. The summed E-state index contributed by atoms with van der Waals surface area (Å²) in [5, 5.41) is 1.09. The number of fused-ring (bicyclic) bond motifs is 1. The zero-order valence-corrected chi connectivity index (χ0v) is 15.4. The molecule has 128 valence electrons. The number of carbonyl (C=O) groups is 1. The van der Waals surface area contributed by atoms with Crippen LogP contribution in [-0.4, -0.2) is 28.9 Å². The highest BCUT2D eigenvalue weighted by atomic mass is 32.1. The number of carbonyl (C=O) groups excluding carboxylic acids is 1. The predicted octanol–water partition coefficient (Wildman–Crippen LogP) is 4.56. The topological polar surface area (TPSA) is 33.2 Å². The molecule has 1 aliphatic carbocycles. The highest BCUT2D eigenvalue weighted by molar-refractivity contribution is 7.15. The van der Waals surface area contributed by atoms with E-state index in [1.807, 2.05) is 6.07 Å². The fraction of sp³-hybridized carbons (Fsp3) is 0.500. The van der Waals surface area contributed by atoms with Gasteiger partial charge in [0.1, 0.15) is 5.01 Å². The molecule has 24 heavy (non-hydrogen) atoms. The normalized spacial score (nSPS) is 16.7. The maximum absolute atomic E-state index is 12.9. The van der Waals surface area contributed by atoms with Crippen molar-refractivity contribution in [2.45, 2.75) is 46.0 Å². The zero-order chi connectivity index (χ0) is 16.9. The van der Waals surface area contributed by atoms with Crippen molar-refractivity contribution in [1.29, 1.82) is 0 Å². The summed E-state index contributed by atoms with van der Waals surface area (Å²) in [6, 6.07) is 10.3. The molecule has 1 amide bonds. The van der Waals surface area contributed by atoms with Crippen LogP contribution in [0.4, 0.5) is 0 Å². The number of benzene rings is 1. The number of hydrogen-bond donors (Lipinski definition) is 0. The second kappa shape index (κ2) is 7.93. The largest absolute Gasteiger partial charge is 0.342 e. The van der Waals surface area contributed by atoms with Crippen molar-refractivity contribution in [1.82, 2.24) is 9.88 Å². The van der Waals surface area contributed by atoms with Crippen LogP contribution in [0.25, 0.3) is 10.6 Å². The molecular weight excluding hydrogens is 316 g/mol. The van der Waals surface area contributed by atoms with Gasteiger partial charge in [0.05, 0.1) is 5.69 Å². The summed E-state index contributed by atoms with van der Waals surface area (Å²) >= 11 is 1.77. The molecule has 1 unspecified atom stereocenters. The van der Waals surface area contributed by atoms with Gasteiger partial charge in [-0.25, -0.2) is 4.98 Å². The smallest absolute Gasteiger partial charge is 0.226 e. The summed E-state index contributed by atoms with van der Waals surface area (Å²) in [4.78, 5) is 21.1. The van der Waals surface area contributed by atoms with E-state index < -0.39 is 0 Å². The fourth-order valence-corrected chi connectivity index (χ4v) is 4.61. The Morgan fingerprint density at radius 3 is 2.58 bits per heavy atom. The molecule has 1 aromatic carbocycles. The lowest BCUT2D eigenvalue weighted by molar-refractivity contribution is -0.136. The highest BCUT2D eigenvalue weighted by Gasteiger charge is 2.30. The number of aromatic nitrogens is 1. The molecule has 1 aromatic heterocycles. The molecule has 0 saturated heterocycles. The van der Waals surface area contributed by atoms with Crippen molar-refractivity contribution in [2.75, 3.05) is 13.1 Å². The van der Waals surface area contributed by atoms with Crippen molar-refractivity contribution in [3.8, 4) is 10.6 Å². The molecule has 4 heteroatoms. The molecule has 0 N–H and O–H groups in total. The molecule has 1 aliphatic rings. The molecule has 1 heterocycles. The van der Waals surface area contributed by atoms with Crippen LogP contribution >= 0.6 is 11.3 Å². The molecule has 1 atom stereocenters. The monoisotopic (exact) mass is 342 g/mol. The number of thiazole rings is 1. The Labute approximate surface area is 148 Å². The van der Waals surface area contributed by atoms with Crippen molar-refractivity contribution in [2.24, 2.45) is 5.92 Å². The first kappa shape index (κ1) is 17.2. The number of nitrogens with zero attached hydrogens (tertiary/aromatic N) is 2. The maximum atomic E-state index is 12.9. The van der Waals surface area contributed by atoms with Gasteiger partial charge in [-0.3, -0.25) is 4.79 Å².